The van der Waals surface area contributed by atoms with Crippen LogP contribution in [0.2, 0.25) is 0 Å². The zero-order valence-electron chi connectivity index (χ0n) is 19.3. The van der Waals surface area contributed by atoms with Crippen LogP contribution in [-0.4, -0.2) is 67.8 Å². The molecule has 6 rings (SSSR count). The lowest BCUT2D eigenvalue weighted by atomic mass is 10.0. The molecule has 1 amide bonds. The van der Waals surface area contributed by atoms with Gasteiger partial charge in [0.1, 0.15) is 5.82 Å². The number of rotatable bonds is 5. The summed E-state index contributed by atoms with van der Waals surface area (Å²) in [5, 5.41) is 11.0. The number of fused-ring (bicyclic) bond motifs is 2. The molecule has 4 aromatic rings. The molecular weight excluding hydrogens is 446 g/mol. The van der Waals surface area contributed by atoms with Crippen LogP contribution in [0.3, 0.4) is 0 Å². The summed E-state index contributed by atoms with van der Waals surface area (Å²) in [5.74, 6) is 1.11. The standard InChI is InChI=1S/C25H25N7O3/c1-16-7-8-31-22(12-27-25(31)28-16)19-3-2-4-20-21(19)14-32(24(20)34)29-23-6-5-17(11-26-23)30-9-10-35-18(13-30)15-33/h2-8,11-12,18,33H,9-10,13-15H2,1H3,(H,26,29)/t18-/m0/s1. The van der Waals surface area contributed by atoms with Gasteiger partial charge in [-0.15, -0.1) is 0 Å². The Morgan fingerprint density at radius 1 is 1.14 bits per heavy atom. The van der Waals surface area contributed by atoms with E-state index >= 15 is 0 Å². The highest BCUT2D eigenvalue weighted by molar-refractivity contribution is 6.01. The van der Waals surface area contributed by atoms with E-state index in [4.69, 9.17) is 4.74 Å². The van der Waals surface area contributed by atoms with E-state index in [0.717, 1.165) is 34.7 Å². The van der Waals surface area contributed by atoms with Gasteiger partial charge in [0, 0.05) is 36.1 Å². The Bertz CT molecular complexity index is 1400. The number of hydrogen-bond acceptors (Lipinski definition) is 8. The van der Waals surface area contributed by atoms with E-state index in [1.165, 1.54) is 0 Å². The van der Waals surface area contributed by atoms with Crippen molar-refractivity contribution in [1.82, 2.24) is 24.4 Å². The number of aliphatic hydroxyl groups is 1. The Morgan fingerprint density at radius 2 is 2.03 bits per heavy atom. The van der Waals surface area contributed by atoms with Gasteiger partial charge in [-0.2, -0.15) is 0 Å². The maximum absolute atomic E-state index is 13.2. The van der Waals surface area contributed by atoms with Crippen molar-refractivity contribution in [3.8, 4) is 11.3 Å². The summed E-state index contributed by atoms with van der Waals surface area (Å²) in [6, 6.07) is 11.5. The van der Waals surface area contributed by atoms with E-state index in [2.05, 4.69) is 25.3 Å². The number of amides is 1. The van der Waals surface area contributed by atoms with Crippen molar-refractivity contribution >= 4 is 23.2 Å². The molecule has 0 unspecified atom stereocenters. The molecule has 2 aliphatic rings. The minimum absolute atomic E-state index is 0.00553. The second-order valence-corrected chi connectivity index (χ2v) is 8.74. The van der Waals surface area contributed by atoms with Crippen molar-refractivity contribution in [1.29, 1.82) is 0 Å². The van der Waals surface area contributed by atoms with Crippen molar-refractivity contribution in [2.24, 2.45) is 0 Å². The highest BCUT2D eigenvalue weighted by Gasteiger charge is 2.31. The Morgan fingerprint density at radius 3 is 2.86 bits per heavy atom. The fourth-order valence-corrected chi connectivity index (χ4v) is 4.66. The number of carbonyl (C=O) groups is 1. The lowest BCUT2D eigenvalue weighted by Gasteiger charge is -2.33. The van der Waals surface area contributed by atoms with Gasteiger partial charge in [0.2, 0.25) is 5.78 Å². The minimum atomic E-state index is -0.191. The van der Waals surface area contributed by atoms with Gasteiger partial charge in [0.15, 0.2) is 0 Å². The molecule has 2 aliphatic heterocycles. The number of aryl methyl sites for hydroxylation is 1. The number of aliphatic hydroxyl groups excluding tert-OH is 1. The summed E-state index contributed by atoms with van der Waals surface area (Å²) < 4.78 is 7.46. The summed E-state index contributed by atoms with van der Waals surface area (Å²) in [6.07, 6.45) is 5.33. The van der Waals surface area contributed by atoms with Gasteiger partial charge in [-0.3, -0.25) is 14.6 Å². The zero-order chi connectivity index (χ0) is 23.9. The van der Waals surface area contributed by atoms with Gasteiger partial charge in [-0.05, 0) is 36.8 Å². The van der Waals surface area contributed by atoms with E-state index in [-0.39, 0.29) is 18.6 Å². The highest BCUT2D eigenvalue weighted by Crippen LogP contribution is 2.33. The number of anilines is 2. The molecule has 5 heterocycles. The fourth-order valence-electron chi connectivity index (χ4n) is 4.66. The van der Waals surface area contributed by atoms with Crippen LogP contribution in [0.5, 0.6) is 0 Å². The highest BCUT2D eigenvalue weighted by atomic mass is 16.5. The van der Waals surface area contributed by atoms with E-state index in [9.17, 15) is 9.90 Å². The van der Waals surface area contributed by atoms with Gasteiger partial charge < -0.3 is 14.7 Å². The van der Waals surface area contributed by atoms with Gasteiger partial charge in [-0.1, -0.05) is 12.1 Å². The lowest BCUT2D eigenvalue weighted by Crippen LogP contribution is -2.44. The van der Waals surface area contributed by atoms with Crippen LogP contribution in [0.15, 0.2) is 55.0 Å². The first-order chi connectivity index (χ1) is 17.1. The predicted molar refractivity (Wildman–Crippen MR) is 130 cm³/mol. The largest absolute Gasteiger partial charge is 0.394 e. The second kappa shape index (κ2) is 8.64. The van der Waals surface area contributed by atoms with Crippen LogP contribution in [-0.2, 0) is 11.3 Å². The van der Waals surface area contributed by atoms with Crippen LogP contribution in [0.25, 0.3) is 17.0 Å². The zero-order valence-corrected chi connectivity index (χ0v) is 19.3. The molecule has 0 saturated carbocycles. The van der Waals surface area contributed by atoms with E-state index in [1.807, 2.05) is 53.9 Å². The maximum atomic E-state index is 13.2. The summed E-state index contributed by atoms with van der Waals surface area (Å²) in [6.45, 7) is 4.26. The number of ether oxygens (including phenoxy) is 1. The van der Waals surface area contributed by atoms with E-state index < -0.39 is 0 Å². The quantitative estimate of drug-likeness (QED) is 0.457. The van der Waals surface area contributed by atoms with E-state index in [1.54, 1.807) is 17.4 Å². The van der Waals surface area contributed by atoms with Gasteiger partial charge in [-0.25, -0.2) is 20.0 Å². The van der Waals surface area contributed by atoms with Crippen LogP contribution >= 0.6 is 0 Å². The second-order valence-electron chi connectivity index (χ2n) is 8.74. The normalized spacial score (nSPS) is 17.8. The number of aromatic nitrogens is 4. The van der Waals surface area contributed by atoms with Crippen molar-refractivity contribution < 1.29 is 14.6 Å². The number of nitrogens with one attached hydrogen (secondary N) is 1. The maximum Gasteiger partial charge on any atom is 0.272 e. The number of hydrogen-bond donors (Lipinski definition) is 2. The molecule has 1 aromatic carbocycles. The fraction of sp³-hybridized carbons (Fsp3) is 0.280. The summed E-state index contributed by atoms with van der Waals surface area (Å²) >= 11 is 0. The molecule has 1 saturated heterocycles. The smallest absolute Gasteiger partial charge is 0.272 e. The van der Waals surface area contributed by atoms with Gasteiger partial charge in [0.25, 0.3) is 5.91 Å². The Balaban J connectivity index is 1.22. The summed E-state index contributed by atoms with van der Waals surface area (Å²) in [5.41, 5.74) is 8.45. The first-order valence-electron chi connectivity index (χ1n) is 11.6. The first kappa shape index (κ1) is 21.5. The van der Waals surface area contributed by atoms with Gasteiger partial charge >= 0.3 is 0 Å². The number of hydrazine groups is 1. The monoisotopic (exact) mass is 471 g/mol. The third-order valence-corrected chi connectivity index (χ3v) is 6.47. The number of pyridine rings is 1. The number of carbonyl (C=O) groups excluding carboxylic acids is 1. The molecule has 0 aliphatic carbocycles. The molecule has 0 spiro atoms. The molecule has 35 heavy (non-hydrogen) atoms. The minimum Gasteiger partial charge on any atom is -0.394 e. The average Bonchev–Trinajstić information content (AvgIpc) is 3.45. The topological polar surface area (TPSA) is 108 Å². The number of benzene rings is 1. The number of imidazole rings is 1. The molecule has 10 nitrogen and oxygen atoms in total. The third kappa shape index (κ3) is 3.86. The van der Waals surface area contributed by atoms with Crippen LogP contribution < -0.4 is 10.3 Å². The van der Waals surface area contributed by atoms with Crippen molar-refractivity contribution in [2.45, 2.75) is 19.6 Å². The van der Waals surface area contributed by atoms with Crippen LogP contribution in [0.1, 0.15) is 21.6 Å². The molecule has 1 fully saturated rings. The predicted octanol–water partition coefficient (Wildman–Crippen LogP) is 2.28. The molecule has 2 N–H and O–H groups in total. The molecule has 178 valence electrons. The van der Waals surface area contributed by atoms with Crippen molar-refractivity contribution in [2.75, 3.05) is 36.6 Å². The molecule has 3 aromatic heterocycles. The summed E-state index contributed by atoms with van der Waals surface area (Å²) in [7, 11) is 0. The Hall–Kier alpha value is -4.02. The van der Waals surface area contributed by atoms with Crippen molar-refractivity contribution in [3.63, 3.8) is 0 Å². The SMILES string of the molecule is Cc1ccn2c(-c3cccc4c3CN(Nc3ccc(N5CCO[C@H](CO)C5)cn3)C4=O)cnc2n1. The van der Waals surface area contributed by atoms with Crippen LogP contribution in [0, 0.1) is 6.92 Å². The molecular formula is C25H25N7O3. The lowest BCUT2D eigenvalue weighted by molar-refractivity contribution is 0.00355. The number of nitrogens with zero attached hydrogens (tertiary/aromatic N) is 6. The van der Waals surface area contributed by atoms with E-state index in [0.29, 0.717) is 36.9 Å². The molecule has 0 bridgehead atoms. The van der Waals surface area contributed by atoms with Gasteiger partial charge in [0.05, 0.1) is 49.6 Å². The molecule has 0 radical (unpaired) electrons. The summed E-state index contributed by atoms with van der Waals surface area (Å²) in [4.78, 5) is 28.7. The van der Waals surface area contributed by atoms with Crippen molar-refractivity contribution in [3.05, 3.63) is 71.8 Å². The average molecular weight is 472 g/mol. The Labute approximate surface area is 201 Å². The Kier molecular flexibility index (Phi) is 5.31. The first-order valence-corrected chi connectivity index (χ1v) is 11.6. The number of morpholine rings is 1. The molecule has 1 atom stereocenters. The molecule has 10 heteroatoms. The third-order valence-electron chi connectivity index (χ3n) is 6.47. The van der Waals surface area contributed by atoms with Crippen LogP contribution in [0.4, 0.5) is 11.5 Å².